The van der Waals surface area contributed by atoms with Crippen molar-refractivity contribution in [1.29, 1.82) is 0 Å². The number of hydrogen-bond acceptors (Lipinski definition) is 3. The lowest BCUT2D eigenvalue weighted by Gasteiger charge is -2.06. The zero-order valence-electron chi connectivity index (χ0n) is 11.7. The fourth-order valence-electron chi connectivity index (χ4n) is 1.65. The van der Waals surface area contributed by atoms with Crippen LogP contribution >= 0.6 is 0 Å². The van der Waals surface area contributed by atoms with Crippen LogP contribution in [0.2, 0.25) is 0 Å². The van der Waals surface area contributed by atoms with E-state index in [9.17, 15) is 22.0 Å². The first-order valence-electron chi connectivity index (χ1n) is 6.18. The van der Waals surface area contributed by atoms with Crippen molar-refractivity contribution in [2.75, 3.05) is 7.11 Å². The van der Waals surface area contributed by atoms with Gasteiger partial charge in [-0.1, -0.05) is 17.3 Å². The molecule has 8 heteroatoms. The van der Waals surface area contributed by atoms with Gasteiger partial charge in [-0.15, -0.1) is 0 Å². The Morgan fingerprint density at radius 3 is 2.17 bits per heavy atom. The fourth-order valence-corrected chi connectivity index (χ4v) is 1.65. The Morgan fingerprint density at radius 2 is 1.57 bits per heavy atom. The van der Waals surface area contributed by atoms with E-state index in [0.717, 1.165) is 0 Å². The molecule has 0 heterocycles. The summed E-state index contributed by atoms with van der Waals surface area (Å²) in [7, 11) is 1.45. The Morgan fingerprint density at radius 1 is 0.957 bits per heavy atom. The molecular weight excluding hydrogens is 321 g/mol. The van der Waals surface area contributed by atoms with Gasteiger partial charge in [-0.3, -0.25) is 0 Å². The van der Waals surface area contributed by atoms with Gasteiger partial charge in [-0.25, -0.2) is 22.0 Å². The molecule has 1 radical (unpaired) electrons. The number of methoxy groups -OCH3 is 1. The molecule has 0 aliphatic heterocycles. The van der Waals surface area contributed by atoms with Gasteiger partial charge in [0.2, 0.25) is 5.82 Å². The summed E-state index contributed by atoms with van der Waals surface area (Å²) in [6.07, 6.45) is 2.39. The number of hydrogen-bond donors (Lipinski definition) is 0. The second-order valence-corrected chi connectivity index (χ2v) is 4.26. The van der Waals surface area contributed by atoms with Gasteiger partial charge in [0.15, 0.2) is 23.3 Å². The van der Waals surface area contributed by atoms with Crippen LogP contribution in [0.15, 0.2) is 29.4 Å². The van der Waals surface area contributed by atoms with Crippen molar-refractivity contribution in [1.82, 2.24) is 0 Å². The lowest BCUT2D eigenvalue weighted by molar-refractivity contribution is 0.124. The van der Waals surface area contributed by atoms with Gasteiger partial charge in [-0.2, -0.15) is 0 Å². The molecule has 121 valence electrons. The molecule has 0 aliphatic rings. The summed E-state index contributed by atoms with van der Waals surface area (Å²) in [5.74, 6) is -9.71. The zero-order valence-corrected chi connectivity index (χ0v) is 11.7. The van der Waals surface area contributed by atoms with E-state index in [-0.39, 0.29) is 0 Å². The van der Waals surface area contributed by atoms with Crippen LogP contribution in [-0.2, 0) is 11.4 Å². The number of halogens is 5. The van der Waals surface area contributed by atoms with Crippen LogP contribution in [0.25, 0.3) is 0 Å². The molecule has 0 amide bonds. The van der Waals surface area contributed by atoms with E-state index in [2.05, 4.69) is 16.2 Å². The third kappa shape index (κ3) is 3.58. The predicted molar refractivity (Wildman–Crippen MR) is 70.6 cm³/mol. The van der Waals surface area contributed by atoms with Gasteiger partial charge < -0.3 is 9.57 Å². The van der Waals surface area contributed by atoms with Crippen LogP contribution in [0, 0.1) is 29.1 Å². The molecule has 0 atom stereocenters. The Kier molecular flexibility index (Phi) is 5.15. The molecule has 2 aromatic rings. The van der Waals surface area contributed by atoms with E-state index in [1.807, 2.05) is 0 Å². The van der Waals surface area contributed by atoms with Gasteiger partial charge in [0, 0.05) is 5.56 Å². The van der Waals surface area contributed by atoms with E-state index >= 15 is 0 Å². The highest BCUT2D eigenvalue weighted by atomic mass is 19.2. The van der Waals surface area contributed by atoms with Gasteiger partial charge in [-0.05, 0) is 12.1 Å². The highest BCUT2D eigenvalue weighted by Gasteiger charge is 2.25. The summed E-state index contributed by atoms with van der Waals surface area (Å²) in [6, 6.07) is 6.45. The predicted octanol–water partition coefficient (Wildman–Crippen LogP) is 3.82. The third-order valence-corrected chi connectivity index (χ3v) is 2.82. The molecule has 0 saturated heterocycles. The summed E-state index contributed by atoms with van der Waals surface area (Å²) in [6.45, 7) is -0.942. The molecule has 0 N–H and O–H groups in total. The first kappa shape index (κ1) is 16.7. The van der Waals surface area contributed by atoms with Gasteiger partial charge in [0.25, 0.3) is 0 Å². The van der Waals surface area contributed by atoms with Crippen LogP contribution in [-0.4, -0.2) is 13.3 Å². The summed E-state index contributed by atoms with van der Waals surface area (Å²) in [5.41, 5.74) is -0.681. The van der Waals surface area contributed by atoms with Crippen molar-refractivity contribution in [2.24, 2.45) is 5.16 Å². The maximum absolute atomic E-state index is 13.4. The Labute approximate surface area is 127 Å². The number of rotatable bonds is 5. The van der Waals surface area contributed by atoms with Gasteiger partial charge in [0.1, 0.15) is 18.6 Å². The van der Waals surface area contributed by atoms with Crippen molar-refractivity contribution in [3.05, 3.63) is 64.5 Å². The molecule has 23 heavy (non-hydrogen) atoms. The summed E-state index contributed by atoms with van der Waals surface area (Å²) < 4.78 is 70.5. The maximum Gasteiger partial charge on any atom is 0.200 e. The molecule has 2 rings (SSSR count). The highest BCUT2D eigenvalue weighted by Crippen LogP contribution is 2.23. The van der Waals surface area contributed by atoms with Crippen molar-refractivity contribution < 1.29 is 31.5 Å². The molecule has 0 aliphatic carbocycles. The summed E-state index contributed by atoms with van der Waals surface area (Å²) >= 11 is 0. The zero-order chi connectivity index (χ0) is 17.0. The minimum Gasteiger partial charge on any atom is -0.497 e. The standard InChI is InChI=1S/C15H9F5NO2/c1-22-9-4-2-3-8(5-9)6-21-23-7-10-11(16)13(18)15(20)14(19)12(10)17/h2-5H,7H2,1H3. The average molecular weight is 330 g/mol. The van der Waals surface area contributed by atoms with Crippen molar-refractivity contribution in [2.45, 2.75) is 6.61 Å². The minimum atomic E-state index is -2.23. The van der Waals surface area contributed by atoms with Crippen LogP contribution in [0.1, 0.15) is 11.1 Å². The average Bonchev–Trinajstić information content (AvgIpc) is 2.57. The van der Waals surface area contributed by atoms with E-state index in [4.69, 9.17) is 4.74 Å². The number of benzene rings is 2. The maximum atomic E-state index is 13.4. The van der Waals surface area contributed by atoms with Crippen molar-refractivity contribution in [3.63, 3.8) is 0 Å². The largest absolute Gasteiger partial charge is 0.497 e. The third-order valence-electron chi connectivity index (χ3n) is 2.82. The smallest absolute Gasteiger partial charge is 0.200 e. The van der Waals surface area contributed by atoms with Crippen LogP contribution in [0.3, 0.4) is 0 Å². The normalized spacial score (nSPS) is 11.0. The SMILES string of the molecule is COc1cccc(/[C]=N\OCc2c(F)c(F)c(F)c(F)c2F)c1. The molecule has 0 fully saturated rings. The van der Waals surface area contributed by atoms with Crippen molar-refractivity contribution >= 4 is 6.21 Å². The molecule has 0 aromatic heterocycles. The molecule has 0 unspecified atom stereocenters. The first-order valence-corrected chi connectivity index (χ1v) is 6.18. The van der Waals surface area contributed by atoms with Crippen LogP contribution in [0.4, 0.5) is 22.0 Å². The van der Waals surface area contributed by atoms with E-state index in [1.165, 1.54) is 7.11 Å². The lowest BCUT2D eigenvalue weighted by atomic mass is 10.2. The fraction of sp³-hybridized carbons (Fsp3) is 0.133. The molecule has 0 saturated carbocycles. The molecule has 3 nitrogen and oxygen atoms in total. The molecular formula is C15H9F5NO2. The lowest BCUT2D eigenvalue weighted by Crippen LogP contribution is -2.07. The topological polar surface area (TPSA) is 30.8 Å². The molecule has 2 aromatic carbocycles. The first-order chi connectivity index (χ1) is 11.0. The quantitative estimate of drug-likeness (QED) is 0.274. The Bertz CT molecular complexity index is 720. The number of nitrogens with zero attached hydrogens (tertiary/aromatic N) is 1. The van der Waals surface area contributed by atoms with E-state index in [0.29, 0.717) is 11.3 Å². The minimum absolute atomic E-state index is 0.432. The van der Waals surface area contributed by atoms with Crippen LogP contribution in [0.5, 0.6) is 5.75 Å². The van der Waals surface area contributed by atoms with Crippen molar-refractivity contribution in [3.8, 4) is 5.75 Å². The number of ether oxygens (including phenoxy) is 1. The Hall–Kier alpha value is -2.64. The summed E-state index contributed by atoms with van der Waals surface area (Å²) in [4.78, 5) is 4.55. The monoisotopic (exact) mass is 330 g/mol. The van der Waals surface area contributed by atoms with E-state index in [1.54, 1.807) is 24.3 Å². The Balaban J connectivity index is 2.11. The van der Waals surface area contributed by atoms with Gasteiger partial charge >= 0.3 is 0 Å². The second-order valence-electron chi connectivity index (χ2n) is 4.26. The van der Waals surface area contributed by atoms with Crippen LogP contribution < -0.4 is 4.74 Å². The molecule has 0 spiro atoms. The molecule has 0 bridgehead atoms. The highest BCUT2D eigenvalue weighted by molar-refractivity contribution is 5.79. The van der Waals surface area contributed by atoms with E-state index < -0.39 is 41.3 Å². The van der Waals surface area contributed by atoms with Gasteiger partial charge in [0.05, 0.1) is 12.7 Å². The second kappa shape index (κ2) is 7.08. The summed E-state index contributed by atoms with van der Waals surface area (Å²) in [5, 5.41) is 3.30.